The minimum atomic E-state index is -0.495. The Morgan fingerprint density at radius 3 is 2.36 bits per heavy atom. The number of carbonyl (C=O) groups excluding carboxylic acids is 1. The molecule has 2 amide bonds. The predicted molar refractivity (Wildman–Crippen MR) is 56.3 cm³/mol. The molecule has 4 heteroatoms. The number of amides is 2. The minimum Gasteiger partial charge on any atom is -0.347 e. The summed E-state index contributed by atoms with van der Waals surface area (Å²) in [7, 11) is 0. The molecule has 0 heterocycles. The Hall–Kier alpha value is -0.870. The van der Waals surface area contributed by atoms with Crippen molar-refractivity contribution >= 4 is 6.03 Å². The summed E-state index contributed by atoms with van der Waals surface area (Å²) in [6.07, 6.45) is 1.77. The highest BCUT2D eigenvalue weighted by atomic mass is 16.3. The highest BCUT2D eigenvalue weighted by Crippen LogP contribution is 2.22. The Balaban J connectivity index is 4.85. The number of aliphatic hydroxyl groups excluding tert-OH is 1. The first kappa shape index (κ1) is 13.1. The maximum atomic E-state index is 11.3. The molecule has 0 aromatic heterocycles. The van der Waals surface area contributed by atoms with Crippen LogP contribution in [0.4, 0.5) is 4.79 Å². The van der Waals surface area contributed by atoms with Crippen LogP contribution in [0, 0.1) is 5.41 Å². The summed E-state index contributed by atoms with van der Waals surface area (Å²) in [6, 6.07) is -0.495. The molecule has 0 aromatic rings. The first-order valence-electron chi connectivity index (χ1n) is 4.74. The van der Waals surface area contributed by atoms with Crippen molar-refractivity contribution in [3.63, 3.8) is 0 Å². The van der Waals surface area contributed by atoms with Gasteiger partial charge < -0.3 is 10.8 Å². The molecule has 0 fully saturated rings. The van der Waals surface area contributed by atoms with Crippen molar-refractivity contribution in [1.29, 1.82) is 0 Å². The average molecular weight is 201 g/mol. The Labute approximate surface area is 85.6 Å². The number of nitrogens with two attached hydrogens (primary N) is 1. The summed E-state index contributed by atoms with van der Waals surface area (Å²) in [5.74, 6) is 0. The second kappa shape index (κ2) is 4.57. The molecule has 4 nitrogen and oxygen atoms in total. The van der Waals surface area contributed by atoms with Crippen molar-refractivity contribution in [2.45, 2.75) is 20.8 Å². The second-order valence-electron chi connectivity index (χ2n) is 4.29. The lowest BCUT2D eigenvalue weighted by atomic mass is 9.92. The van der Waals surface area contributed by atoms with Crippen LogP contribution in [-0.2, 0) is 0 Å². The van der Waals surface area contributed by atoms with Gasteiger partial charge in [-0.3, -0.25) is 0 Å². The van der Waals surface area contributed by atoms with Gasteiger partial charge in [-0.1, -0.05) is 19.9 Å². The fourth-order valence-corrected chi connectivity index (χ4v) is 1.41. The number of hydrogen-bond acceptors (Lipinski definition) is 2. The highest BCUT2D eigenvalue weighted by molar-refractivity contribution is 5.64. The van der Waals surface area contributed by atoms with E-state index in [0.29, 0.717) is 13.1 Å². The van der Waals surface area contributed by atoms with Gasteiger partial charge in [-0.2, -0.15) is 0 Å². The van der Waals surface area contributed by atoms with Gasteiger partial charge in [0.1, 0.15) is 0 Å². The third-order valence-corrected chi connectivity index (χ3v) is 2.61. The zero-order valence-electron chi connectivity index (χ0n) is 9.29. The van der Waals surface area contributed by atoms with E-state index in [2.05, 4.69) is 6.58 Å². The quantitative estimate of drug-likeness (QED) is 0.397. The lowest BCUT2D eigenvalue weighted by Crippen LogP contribution is -2.59. The predicted octanol–water partition coefficient (Wildman–Crippen LogP) is 1.06. The van der Waals surface area contributed by atoms with Crippen LogP contribution in [0.2, 0.25) is 0 Å². The number of nitrogens with zero attached hydrogens (tertiary/aromatic N) is 1. The van der Waals surface area contributed by atoms with E-state index in [4.69, 9.17) is 5.73 Å². The first-order valence-corrected chi connectivity index (χ1v) is 4.74. The molecular weight excluding hydrogens is 180 g/mol. The number of aliphatic hydroxyl groups is 1. The Bertz CT molecular complexity index is 220. The van der Waals surface area contributed by atoms with Crippen molar-refractivity contribution in [3.05, 3.63) is 12.7 Å². The molecule has 0 spiro atoms. The van der Waals surface area contributed by atoms with Crippen molar-refractivity contribution in [2.24, 2.45) is 11.1 Å². The van der Waals surface area contributed by atoms with Crippen LogP contribution < -0.4 is 5.73 Å². The second-order valence-corrected chi connectivity index (χ2v) is 4.29. The van der Waals surface area contributed by atoms with Crippen molar-refractivity contribution in [3.8, 4) is 0 Å². The van der Waals surface area contributed by atoms with E-state index in [0.717, 1.165) is 0 Å². The largest absolute Gasteiger partial charge is 0.415 e. The summed E-state index contributed by atoms with van der Waals surface area (Å²) < 4.78 is -0.112. The lowest BCUT2D eigenvalue weighted by Gasteiger charge is -2.36. The zero-order valence-corrected chi connectivity index (χ0v) is 9.29. The van der Waals surface area contributed by atoms with E-state index in [9.17, 15) is 9.90 Å². The van der Waals surface area contributed by atoms with Gasteiger partial charge in [-0.05, 0) is 6.92 Å². The zero-order chi connectivity index (χ0) is 11.4. The minimum absolute atomic E-state index is 0.112. The molecule has 0 aliphatic rings. The summed E-state index contributed by atoms with van der Waals surface area (Å²) in [5.41, 5.74) is 5.08. The van der Waals surface area contributed by atoms with Gasteiger partial charge in [0.05, 0.1) is 13.1 Å². The van der Waals surface area contributed by atoms with E-state index < -0.39 is 6.03 Å². The number of urea groups is 1. The standard InChI is InChI=1S/C10H20N2O2/c1-5-10(3,4)7-12(6-2,8-13)9(11)14/h5,13H,1,6-8H2,2-4H3,(H-,11,14)/p+1. The van der Waals surface area contributed by atoms with E-state index in [-0.39, 0.29) is 16.6 Å². The fourth-order valence-electron chi connectivity index (χ4n) is 1.41. The highest BCUT2D eigenvalue weighted by Gasteiger charge is 2.37. The number of primary amides is 1. The monoisotopic (exact) mass is 201 g/mol. The van der Waals surface area contributed by atoms with Crippen molar-refractivity contribution in [2.75, 3.05) is 19.8 Å². The van der Waals surface area contributed by atoms with Crippen LogP contribution in [0.1, 0.15) is 20.8 Å². The molecule has 0 radical (unpaired) electrons. The van der Waals surface area contributed by atoms with Crippen molar-refractivity contribution < 1.29 is 14.4 Å². The van der Waals surface area contributed by atoms with E-state index in [1.807, 2.05) is 20.8 Å². The molecule has 1 unspecified atom stereocenters. The fraction of sp³-hybridized carbons (Fsp3) is 0.700. The maximum Gasteiger partial charge on any atom is 0.415 e. The Morgan fingerprint density at radius 2 is 2.14 bits per heavy atom. The van der Waals surface area contributed by atoms with Gasteiger partial charge >= 0.3 is 6.03 Å². The number of rotatable bonds is 5. The van der Waals surface area contributed by atoms with Gasteiger partial charge in [0.15, 0.2) is 6.73 Å². The maximum absolute atomic E-state index is 11.3. The summed E-state index contributed by atoms with van der Waals surface area (Å²) in [5, 5.41) is 9.24. The van der Waals surface area contributed by atoms with Gasteiger partial charge in [0.2, 0.25) is 0 Å². The molecule has 0 aliphatic carbocycles. The molecule has 3 N–H and O–H groups in total. The van der Waals surface area contributed by atoms with Crippen molar-refractivity contribution in [1.82, 2.24) is 0 Å². The van der Waals surface area contributed by atoms with E-state index in [1.54, 1.807) is 6.08 Å². The summed E-state index contributed by atoms with van der Waals surface area (Å²) in [4.78, 5) is 11.3. The van der Waals surface area contributed by atoms with Crippen LogP contribution in [0.25, 0.3) is 0 Å². The van der Waals surface area contributed by atoms with E-state index >= 15 is 0 Å². The van der Waals surface area contributed by atoms with Gasteiger partial charge in [-0.25, -0.2) is 9.28 Å². The summed E-state index contributed by atoms with van der Waals surface area (Å²) >= 11 is 0. The normalized spacial score (nSPS) is 16.0. The van der Waals surface area contributed by atoms with E-state index in [1.165, 1.54) is 0 Å². The van der Waals surface area contributed by atoms with Crippen LogP contribution in [-0.4, -0.2) is 35.4 Å². The molecule has 1 atom stereocenters. The number of carbonyl (C=O) groups is 1. The first-order chi connectivity index (χ1) is 6.33. The molecule has 0 saturated carbocycles. The SMILES string of the molecule is C=CC(C)(C)C[N+](CC)(CO)C(N)=O. The molecule has 0 saturated heterocycles. The lowest BCUT2D eigenvalue weighted by molar-refractivity contribution is -0.872. The van der Waals surface area contributed by atoms with Crippen LogP contribution >= 0.6 is 0 Å². The Morgan fingerprint density at radius 1 is 1.64 bits per heavy atom. The van der Waals surface area contributed by atoms with Gasteiger partial charge in [0.25, 0.3) is 0 Å². The molecule has 14 heavy (non-hydrogen) atoms. The Kier molecular flexibility index (Phi) is 4.29. The van der Waals surface area contributed by atoms with Gasteiger partial charge in [-0.15, -0.1) is 6.58 Å². The smallest absolute Gasteiger partial charge is 0.347 e. The molecule has 0 rings (SSSR count). The topological polar surface area (TPSA) is 63.3 Å². The molecular formula is C10H21N2O2+. The van der Waals surface area contributed by atoms with Crippen LogP contribution in [0.3, 0.4) is 0 Å². The van der Waals surface area contributed by atoms with Crippen LogP contribution in [0.5, 0.6) is 0 Å². The molecule has 0 bridgehead atoms. The molecule has 0 aromatic carbocycles. The van der Waals surface area contributed by atoms with Gasteiger partial charge in [0, 0.05) is 5.41 Å². The molecule has 82 valence electrons. The number of quaternary nitrogens is 1. The number of hydrogen-bond donors (Lipinski definition) is 2. The third-order valence-electron chi connectivity index (χ3n) is 2.61. The molecule has 0 aliphatic heterocycles. The third kappa shape index (κ3) is 2.82. The average Bonchev–Trinajstić information content (AvgIpc) is 2.14. The summed E-state index contributed by atoms with van der Waals surface area (Å²) in [6.45, 7) is 10.2. The van der Waals surface area contributed by atoms with Crippen LogP contribution in [0.15, 0.2) is 12.7 Å².